The molecule has 0 saturated carbocycles. The molecule has 0 spiro atoms. The molecular weight excluding hydrogens is 264 g/mol. The van der Waals surface area contributed by atoms with Gasteiger partial charge in [-0.3, -0.25) is 0 Å². The number of para-hydroxylation sites is 1. The van der Waals surface area contributed by atoms with Crippen molar-refractivity contribution < 1.29 is 8.83 Å². The van der Waals surface area contributed by atoms with Gasteiger partial charge in [0.05, 0.1) is 6.20 Å². The third-order valence-corrected chi connectivity index (χ3v) is 3.39. The van der Waals surface area contributed by atoms with Crippen LogP contribution in [0, 0.1) is 0 Å². The number of rotatable bonds is 7. The van der Waals surface area contributed by atoms with Crippen molar-refractivity contribution in [1.82, 2.24) is 10.3 Å². The molecule has 0 saturated heterocycles. The predicted molar refractivity (Wildman–Crippen MR) is 83.2 cm³/mol. The molecule has 0 aliphatic rings. The summed E-state index contributed by atoms with van der Waals surface area (Å²) in [4.78, 5) is 4.33. The maximum absolute atomic E-state index is 5.78. The monoisotopic (exact) mass is 284 g/mol. The molecule has 21 heavy (non-hydrogen) atoms. The highest BCUT2D eigenvalue weighted by atomic mass is 16.4. The highest BCUT2D eigenvalue weighted by molar-refractivity contribution is 5.81. The molecule has 0 atom stereocenters. The summed E-state index contributed by atoms with van der Waals surface area (Å²) in [5.41, 5.74) is 0.870. The largest absolute Gasteiger partial charge is 0.453 e. The molecule has 4 nitrogen and oxygen atoms in total. The number of nitrogens with one attached hydrogen (secondary N) is 1. The van der Waals surface area contributed by atoms with Crippen LogP contribution >= 0.6 is 0 Å². The summed E-state index contributed by atoms with van der Waals surface area (Å²) in [6.07, 6.45) is 4.78. The smallest absolute Gasteiger partial charge is 0.195 e. The van der Waals surface area contributed by atoms with Gasteiger partial charge in [-0.15, -0.1) is 0 Å². The Balaban J connectivity index is 1.64. The van der Waals surface area contributed by atoms with Crippen LogP contribution in [0.3, 0.4) is 0 Å². The van der Waals surface area contributed by atoms with E-state index in [-0.39, 0.29) is 0 Å². The van der Waals surface area contributed by atoms with E-state index in [9.17, 15) is 0 Å². The van der Waals surface area contributed by atoms with Gasteiger partial charge >= 0.3 is 0 Å². The number of aryl methyl sites for hydroxylation is 1. The Morgan fingerprint density at radius 1 is 1.10 bits per heavy atom. The Morgan fingerprint density at radius 3 is 2.86 bits per heavy atom. The molecule has 1 aromatic carbocycles. The first-order valence-corrected chi connectivity index (χ1v) is 7.51. The van der Waals surface area contributed by atoms with Gasteiger partial charge in [0.25, 0.3) is 0 Å². The standard InChI is InChI=1S/C17H20N2O2/c1-2-9-18-10-5-8-17-19-12-16(21-17)15-11-13-6-3-4-7-14(13)20-15/h3-4,6-7,11-12,18H,2,5,8-10H2,1H3. The second-order valence-electron chi connectivity index (χ2n) is 5.12. The van der Waals surface area contributed by atoms with Crippen molar-refractivity contribution in [1.29, 1.82) is 0 Å². The zero-order valence-corrected chi connectivity index (χ0v) is 12.3. The number of furan rings is 1. The van der Waals surface area contributed by atoms with Crippen LogP contribution in [0.5, 0.6) is 0 Å². The quantitative estimate of drug-likeness (QED) is 0.666. The third-order valence-electron chi connectivity index (χ3n) is 3.39. The zero-order valence-electron chi connectivity index (χ0n) is 12.3. The lowest BCUT2D eigenvalue weighted by molar-refractivity contribution is 0.477. The van der Waals surface area contributed by atoms with E-state index in [0.717, 1.165) is 55.0 Å². The van der Waals surface area contributed by atoms with Crippen LogP contribution in [-0.2, 0) is 6.42 Å². The molecule has 110 valence electrons. The molecule has 3 aromatic rings. The first-order valence-electron chi connectivity index (χ1n) is 7.51. The van der Waals surface area contributed by atoms with Crippen LogP contribution < -0.4 is 5.32 Å². The van der Waals surface area contributed by atoms with Crippen molar-refractivity contribution in [2.45, 2.75) is 26.2 Å². The molecule has 2 aromatic heterocycles. The Hall–Kier alpha value is -2.07. The summed E-state index contributed by atoms with van der Waals surface area (Å²) >= 11 is 0. The maximum atomic E-state index is 5.78. The summed E-state index contributed by atoms with van der Waals surface area (Å²) in [7, 11) is 0. The van der Waals surface area contributed by atoms with Crippen LogP contribution in [0.4, 0.5) is 0 Å². The van der Waals surface area contributed by atoms with Gasteiger partial charge in [0.15, 0.2) is 17.4 Å². The van der Waals surface area contributed by atoms with Gasteiger partial charge in [0.2, 0.25) is 0 Å². The molecule has 1 N–H and O–H groups in total. The summed E-state index contributed by atoms with van der Waals surface area (Å²) in [6.45, 7) is 4.23. The van der Waals surface area contributed by atoms with Crippen LogP contribution in [0.1, 0.15) is 25.7 Å². The van der Waals surface area contributed by atoms with E-state index >= 15 is 0 Å². The van der Waals surface area contributed by atoms with Crippen molar-refractivity contribution >= 4 is 11.0 Å². The molecule has 0 aliphatic carbocycles. The minimum atomic E-state index is 0.697. The second-order valence-corrected chi connectivity index (χ2v) is 5.12. The number of hydrogen-bond acceptors (Lipinski definition) is 4. The number of oxazole rings is 1. The van der Waals surface area contributed by atoms with Crippen molar-refractivity contribution in [3.8, 4) is 11.5 Å². The molecule has 4 heteroatoms. The average Bonchev–Trinajstić information content (AvgIpc) is 3.13. The number of nitrogens with zero attached hydrogens (tertiary/aromatic N) is 1. The van der Waals surface area contributed by atoms with E-state index in [4.69, 9.17) is 8.83 Å². The summed E-state index contributed by atoms with van der Waals surface area (Å²) in [5, 5.41) is 4.45. The molecule has 3 rings (SSSR count). The van der Waals surface area contributed by atoms with Crippen molar-refractivity contribution in [3.05, 3.63) is 42.4 Å². The summed E-state index contributed by atoms with van der Waals surface area (Å²) in [6, 6.07) is 9.93. The fourth-order valence-corrected chi connectivity index (χ4v) is 2.31. The molecule has 0 amide bonds. The Morgan fingerprint density at radius 2 is 2.00 bits per heavy atom. The Bertz CT molecular complexity index is 666. The Kier molecular flexibility index (Phi) is 4.36. The highest BCUT2D eigenvalue weighted by Crippen LogP contribution is 2.28. The topological polar surface area (TPSA) is 51.2 Å². The number of aromatic nitrogens is 1. The zero-order chi connectivity index (χ0) is 14.5. The van der Waals surface area contributed by atoms with Gasteiger partial charge < -0.3 is 14.2 Å². The molecule has 0 bridgehead atoms. The van der Waals surface area contributed by atoms with Gasteiger partial charge in [-0.1, -0.05) is 25.1 Å². The normalized spacial score (nSPS) is 11.3. The van der Waals surface area contributed by atoms with Crippen LogP contribution in [0.15, 0.2) is 45.4 Å². The SMILES string of the molecule is CCCNCCCc1ncc(-c2cc3ccccc3o2)o1. The fraction of sp³-hybridized carbons (Fsp3) is 0.353. The number of benzene rings is 1. The first-order chi connectivity index (χ1) is 10.4. The van der Waals surface area contributed by atoms with E-state index in [2.05, 4.69) is 17.2 Å². The highest BCUT2D eigenvalue weighted by Gasteiger charge is 2.11. The molecule has 0 aliphatic heterocycles. The van der Waals surface area contributed by atoms with Gasteiger partial charge in [-0.2, -0.15) is 0 Å². The van der Waals surface area contributed by atoms with Crippen molar-refractivity contribution in [2.75, 3.05) is 13.1 Å². The molecule has 0 unspecified atom stereocenters. The fourth-order valence-electron chi connectivity index (χ4n) is 2.31. The molecule has 0 radical (unpaired) electrons. The van der Waals surface area contributed by atoms with Gasteiger partial charge in [-0.25, -0.2) is 4.98 Å². The van der Waals surface area contributed by atoms with Gasteiger partial charge in [0, 0.05) is 11.8 Å². The van der Waals surface area contributed by atoms with Crippen molar-refractivity contribution in [2.24, 2.45) is 0 Å². The molecular formula is C17H20N2O2. The minimum Gasteiger partial charge on any atom is -0.453 e. The maximum Gasteiger partial charge on any atom is 0.195 e. The lowest BCUT2D eigenvalue weighted by Crippen LogP contribution is -2.16. The summed E-state index contributed by atoms with van der Waals surface area (Å²) < 4.78 is 11.6. The second kappa shape index (κ2) is 6.59. The van der Waals surface area contributed by atoms with E-state index in [1.165, 1.54) is 0 Å². The van der Waals surface area contributed by atoms with Crippen molar-refractivity contribution in [3.63, 3.8) is 0 Å². The Labute approximate surface area is 124 Å². The lowest BCUT2D eigenvalue weighted by Gasteiger charge is -2.00. The van der Waals surface area contributed by atoms with E-state index in [1.54, 1.807) is 6.20 Å². The number of hydrogen-bond donors (Lipinski definition) is 1. The molecule has 0 fully saturated rings. The number of fused-ring (bicyclic) bond motifs is 1. The third kappa shape index (κ3) is 3.34. The minimum absolute atomic E-state index is 0.697. The van der Waals surface area contributed by atoms with Crippen LogP contribution in [-0.4, -0.2) is 18.1 Å². The van der Waals surface area contributed by atoms with Crippen LogP contribution in [0.2, 0.25) is 0 Å². The van der Waals surface area contributed by atoms with Crippen LogP contribution in [0.25, 0.3) is 22.5 Å². The summed E-state index contributed by atoms with van der Waals surface area (Å²) in [5.74, 6) is 2.20. The lowest BCUT2D eigenvalue weighted by atomic mass is 10.2. The molecule has 2 heterocycles. The van der Waals surface area contributed by atoms with E-state index in [1.807, 2.05) is 30.3 Å². The van der Waals surface area contributed by atoms with E-state index < -0.39 is 0 Å². The van der Waals surface area contributed by atoms with Gasteiger partial charge in [-0.05, 0) is 38.1 Å². The van der Waals surface area contributed by atoms with E-state index in [0.29, 0.717) is 5.76 Å². The predicted octanol–water partition coefficient (Wildman–Crippen LogP) is 4.02. The first kappa shape index (κ1) is 13.9. The van der Waals surface area contributed by atoms with Gasteiger partial charge in [0.1, 0.15) is 5.58 Å². The average molecular weight is 284 g/mol.